The number of nitrogens with one attached hydrogen (secondary N) is 2. The van der Waals surface area contributed by atoms with E-state index in [1.165, 1.54) is 0 Å². The highest BCUT2D eigenvalue weighted by Crippen LogP contribution is 2.32. The van der Waals surface area contributed by atoms with E-state index < -0.39 is 24.0 Å². The van der Waals surface area contributed by atoms with Crippen LogP contribution in [-0.4, -0.2) is 18.6 Å². The van der Waals surface area contributed by atoms with Crippen LogP contribution < -0.4 is 10.6 Å². The fraction of sp³-hybridized carbons (Fsp3) is 0.333. The standard InChI is InChI=1S/C12H13BrN2O4/c1-3-18-11(16)9-6(2)14-12(17)15-10(9)7-4-5-8(13)19-7/h4-5,9-10H,2-3H2,1H3,(H2,14,15,17). The molecule has 0 saturated carbocycles. The first-order chi connectivity index (χ1) is 9.02. The van der Waals surface area contributed by atoms with E-state index in [4.69, 9.17) is 9.15 Å². The molecule has 6 nitrogen and oxygen atoms in total. The van der Waals surface area contributed by atoms with Crippen molar-refractivity contribution in [1.29, 1.82) is 0 Å². The minimum Gasteiger partial charge on any atom is -0.465 e. The quantitative estimate of drug-likeness (QED) is 0.832. The number of carbonyl (C=O) groups excluding carboxylic acids is 2. The average Bonchev–Trinajstić information content (AvgIpc) is 2.75. The maximum atomic E-state index is 12.0. The lowest BCUT2D eigenvalue weighted by molar-refractivity contribution is -0.148. The van der Waals surface area contributed by atoms with Crippen molar-refractivity contribution in [3.8, 4) is 0 Å². The van der Waals surface area contributed by atoms with E-state index in [1.807, 2.05) is 0 Å². The maximum Gasteiger partial charge on any atom is 0.319 e. The summed E-state index contributed by atoms with van der Waals surface area (Å²) in [5, 5.41) is 5.12. The van der Waals surface area contributed by atoms with Crippen molar-refractivity contribution in [2.45, 2.75) is 13.0 Å². The first-order valence-corrected chi connectivity index (χ1v) is 6.50. The fourth-order valence-electron chi connectivity index (χ4n) is 1.93. The Morgan fingerprint density at radius 2 is 2.32 bits per heavy atom. The number of furan rings is 1. The Balaban J connectivity index is 2.32. The van der Waals surface area contributed by atoms with Gasteiger partial charge in [-0.1, -0.05) is 6.58 Å². The number of hydrogen-bond donors (Lipinski definition) is 2. The van der Waals surface area contributed by atoms with Gasteiger partial charge in [-0.05, 0) is 35.0 Å². The molecule has 2 heterocycles. The predicted octanol–water partition coefficient (Wildman–Crippen LogP) is 2.09. The Morgan fingerprint density at radius 1 is 1.58 bits per heavy atom. The second-order valence-corrected chi connectivity index (χ2v) is 4.75. The summed E-state index contributed by atoms with van der Waals surface area (Å²) in [4.78, 5) is 23.5. The number of urea groups is 1. The Bertz CT molecular complexity index is 526. The molecule has 0 aliphatic carbocycles. The molecule has 0 bridgehead atoms. The maximum absolute atomic E-state index is 12.0. The Hall–Kier alpha value is -1.76. The van der Waals surface area contributed by atoms with E-state index in [0.29, 0.717) is 16.1 Å². The van der Waals surface area contributed by atoms with Gasteiger partial charge < -0.3 is 19.8 Å². The van der Waals surface area contributed by atoms with Gasteiger partial charge in [0.25, 0.3) is 0 Å². The van der Waals surface area contributed by atoms with Crippen LogP contribution in [-0.2, 0) is 9.53 Å². The van der Waals surface area contributed by atoms with Gasteiger partial charge in [-0.2, -0.15) is 0 Å². The van der Waals surface area contributed by atoms with Crippen molar-refractivity contribution < 1.29 is 18.7 Å². The lowest BCUT2D eigenvalue weighted by Gasteiger charge is -2.31. The largest absolute Gasteiger partial charge is 0.465 e. The van der Waals surface area contributed by atoms with Crippen molar-refractivity contribution in [2.24, 2.45) is 5.92 Å². The number of esters is 1. The third kappa shape index (κ3) is 2.81. The molecule has 1 aromatic heterocycles. The van der Waals surface area contributed by atoms with Gasteiger partial charge in [0, 0.05) is 5.70 Å². The van der Waals surface area contributed by atoms with Gasteiger partial charge in [-0.15, -0.1) is 0 Å². The summed E-state index contributed by atoms with van der Waals surface area (Å²) in [6.07, 6.45) is 0. The summed E-state index contributed by atoms with van der Waals surface area (Å²) in [5.41, 5.74) is 0.291. The van der Waals surface area contributed by atoms with Crippen molar-refractivity contribution in [1.82, 2.24) is 10.6 Å². The molecule has 1 aromatic rings. The van der Waals surface area contributed by atoms with Gasteiger partial charge in [0.1, 0.15) is 17.7 Å². The van der Waals surface area contributed by atoms with Crippen molar-refractivity contribution in [2.75, 3.05) is 6.61 Å². The summed E-state index contributed by atoms with van der Waals surface area (Å²) >= 11 is 3.18. The van der Waals surface area contributed by atoms with Crippen molar-refractivity contribution >= 4 is 27.9 Å². The molecular formula is C12H13BrN2O4. The molecule has 7 heteroatoms. The molecule has 2 atom stereocenters. The highest BCUT2D eigenvalue weighted by atomic mass is 79.9. The van der Waals surface area contributed by atoms with E-state index in [9.17, 15) is 9.59 Å². The fourth-order valence-corrected chi connectivity index (χ4v) is 2.25. The molecule has 19 heavy (non-hydrogen) atoms. The molecule has 1 fully saturated rings. The number of halogens is 1. The van der Waals surface area contributed by atoms with E-state index in [1.54, 1.807) is 19.1 Å². The van der Waals surface area contributed by atoms with Crippen LogP contribution in [0.3, 0.4) is 0 Å². The molecule has 2 N–H and O–H groups in total. The van der Waals surface area contributed by atoms with Gasteiger partial charge in [-0.3, -0.25) is 4.79 Å². The van der Waals surface area contributed by atoms with Gasteiger partial charge in [0.2, 0.25) is 0 Å². The van der Waals surface area contributed by atoms with Crippen LogP contribution >= 0.6 is 15.9 Å². The normalized spacial score (nSPS) is 22.6. The highest BCUT2D eigenvalue weighted by molar-refractivity contribution is 9.10. The summed E-state index contributed by atoms with van der Waals surface area (Å²) in [6, 6.07) is 2.31. The summed E-state index contributed by atoms with van der Waals surface area (Å²) in [5.74, 6) is -0.728. The molecule has 1 saturated heterocycles. The number of amides is 2. The molecule has 2 amide bonds. The zero-order valence-electron chi connectivity index (χ0n) is 10.2. The first-order valence-electron chi connectivity index (χ1n) is 5.71. The van der Waals surface area contributed by atoms with Crippen LogP contribution in [0.1, 0.15) is 18.7 Å². The predicted molar refractivity (Wildman–Crippen MR) is 70.1 cm³/mol. The summed E-state index contributed by atoms with van der Waals surface area (Å²) in [6.45, 7) is 5.68. The molecule has 0 radical (unpaired) electrons. The van der Waals surface area contributed by atoms with Crippen LogP contribution in [0.2, 0.25) is 0 Å². The van der Waals surface area contributed by atoms with E-state index >= 15 is 0 Å². The lowest BCUT2D eigenvalue weighted by atomic mass is 9.93. The van der Waals surface area contributed by atoms with Gasteiger partial charge in [0.05, 0.1) is 6.61 Å². The topological polar surface area (TPSA) is 80.6 Å². The number of carbonyl (C=O) groups is 2. The van der Waals surface area contributed by atoms with Crippen LogP contribution in [0.25, 0.3) is 0 Å². The van der Waals surface area contributed by atoms with E-state index in [-0.39, 0.29) is 6.61 Å². The minimum atomic E-state index is -0.726. The molecule has 0 aromatic carbocycles. The molecule has 2 unspecified atom stereocenters. The second kappa shape index (κ2) is 5.48. The zero-order chi connectivity index (χ0) is 14.0. The van der Waals surface area contributed by atoms with Crippen molar-refractivity contribution in [3.63, 3.8) is 0 Å². The molecular weight excluding hydrogens is 316 g/mol. The summed E-state index contributed by atoms with van der Waals surface area (Å²) in [7, 11) is 0. The van der Waals surface area contributed by atoms with Crippen LogP contribution in [0, 0.1) is 5.92 Å². The number of ether oxygens (including phenoxy) is 1. The first kappa shape index (κ1) is 13.7. The minimum absolute atomic E-state index is 0.255. The Kier molecular flexibility index (Phi) is 3.94. The van der Waals surface area contributed by atoms with Crippen molar-refractivity contribution in [3.05, 3.63) is 34.8 Å². The van der Waals surface area contributed by atoms with Gasteiger partial charge in [-0.25, -0.2) is 4.79 Å². The van der Waals surface area contributed by atoms with Gasteiger partial charge in [0.15, 0.2) is 4.67 Å². The molecule has 2 rings (SSSR count). The second-order valence-electron chi connectivity index (χ2n) is 3.97. The Labute approximate surface area is 118 Å². The van der Waals surface area contributed by atoms with Gasteiger partial charge >= 0.3 is 12.0 Å². The van der Waals surface area contributed by atoms with Crippen LogP contribution in [0.4, 0.5) is 4.79 Å². The Morgan fingerprint density at radius 3 is 2.89 bits per heavy atom. The smallest absolute Gasteiger partial charge is 0.319 e. The third-order valence-corrected chi connectivity index (χ3v) is 3.14. The average molecular weight is 329 g/mol. The monoisotopic (exact) mass is 328 g/mol. The molecule has 1 aliphatic heterocycles. The molecule has 0 spiro atoms. The van der Waals surface area contributed by atoms with E-state index in [2.05, 4.69) is 33.1 Å². The summed E-state index contributed by atoms with van der Waals surface area (Å²) < 4.78 is 10.9. The van der Waals surface area contributed by atoms with E-state index in [0.717, 1.165) is 0 Å². The number of rotatable bonds is 3. The highest BCUT2D eigenvalue weighted by Gasteiger charge is 2.40. The van der Waals surface area contributed by atoms with Crippen LogP contribution in [0.5, 0.6) is 0 Å². The lowest BCUT2D eigenvalue weighted by Crippen LogP contribution is -2.51. The SMILES string of the molecule is C=C1NC(=O)NC(c2ccc(Br)o2)C1C(=O)OCC. The number of hydrogen-bond acceptors (Lipinski definition) is 4. The third-order valence-electron chi connectivity index (χ3n) is 2.71. The molecule has 1 aliphatic rings. The zero-order valence-corrected chi connectivity index (χ0v) is 11.8. The van der Waals surface area contributed by atoms with Crippen LogP contribution in [0.15, 0.2) is 33.5 Å². The molecule has 102 valence electrons.